The van der Waals surface area contributed by atoms with Crippen LogP contribution in [0.5, 0.6) is 5.75 Å². The van der Waals surface area contributed by atoms with E-state index >= 15 is 0 Å². The SMILES string of the molecule is COc1ccc(N2C(N)=c3ccoc3=NC2c2cccc(S(N)(=O)=O)c2)cc1. The minimum Gasteiger partial charge on any atom is -0.497 e. The Balaban J connectivity index is 1.91. The van der Waals surface area contributed by atoms with Crippen molar-refractivity contribution in [3.8, 4) is 5.75 Å². The van der Waals surface area contributed by atoms with Gasteiger partial charge < -0.3 is 19.8 Å². The van der Waals surface area contributed by atoms with Gasteiger partial charge in [-0.05, 0) is 48.0 Å². The number of hydrogen-bond donors (Lipinski definition) is 2. The Labute approximate surface area is 161 Å². The molecule has 4 rings (SSSR count). The summed E-state index contributed by atoms with van der Waals surface area (Å²) in [6, 6.07) is 15.4. The Kier molecular flexibility index (Phi) is 4.33. The van der Waals surface area contributed by atoms with Crippen LogP contribution in [0.3, 0.4) is 0 Å². The van der Waals surface area contributed by atoms with Gasteiger partial charge in [0, 0.05) is 5.69 Å². The van der Waals surface area contributed by atoms with Gasteiger partial charge in [0.05, 0.1) is 23.5 Å². The van der Waals surface area contributed by atoms with Gasteiger partial charge in [0.2, 0.25) is 15.6 Å². The van der Waals surface area contributed by atoms with Crippen molar-refractivity contribution >= 4 is 21.5 Å². The van der Waals surface area contributed by atoms with Crippen molar-refractivity contribution in [3.05, 3.63) is 77.2 Å². The molecule has 0 fully saturated rings. The predicted octanol–water partition coefficient (Wildman–Crippen LogP) is 0.799. The highest BCUT2D eigenvalue weighted by atomic mass is 32.2. The molecule has 2 heterocycles. The van der Waals surface area contributed by atoms with Crippen molar-refractivity contribution in [1.29, 1.82) is 0 Å². The molecule has 0 saturated heterocycles. The number of anilines is 1. The zero-order valence-electron chi connectivity index (χ0n) is 14.9. The van der Waals surface area contributed by atoms with Gasteiger partial charge in [0.15, 0.2) is 6.17 Å². The molecule has 0 amide bonds. The summed E-state index contributed by atoms with van der Waals surface area (Å²) >= 11 is 0. The number of primary sulfonamides is 1. The highest BCUT2D eigenvalue weighted by molar-refractivity contribution is 7.89. The summed E-state index contributed by atoms with van der Waals surface area (Å²) in [7, 11) is -2.27. The molecule has 1 unspecified atom stereocenters. The number of nitrogens with two attached hydrogens (primary N) is 2. The molecule has 0 saturated carbocycles. The second-order valence-corrected chi connectivity index (χ2v) is 7.77. The Hall–Kier alpha value is -3.30. The van der Waals surface area contributed by atoms with E-state index in [2.05, 4.69) is 4.99 Å². The predicted molar refractivity (Wildman–Crippen MR) is 103 cm³/mol. The monoisotopic (exact) mass is 398 g/mol. The van der Waals surface area contributed by atoms with E-state index in [1.54, 1.807) is 30.2 Å². The van der Waals surface area contributed by atoms with Gasteiger partial charge >= 0.3 is 0 Å². The number of furan rings is 1. The smallest absolute Gasteiger partial charge is 0.238 e. The lowest BCUT2D eigenvalue weighted by atomic mass is 10.1. The Morgan fingerprint density at radius 1 is 1.14 bits per heavy atom. The Morgan fingerprint density at radius 2 is 1.89 bits per heavy atom. The van der Waals surface area contributed by atoms with Gasteiger partial charge in [-0.15, -0.1) is 0 Å². The summed E-state index contributed by atoms with van der Waals surface area (Å²) in [5.41, 5.74) is 8.19. The molecule has 1 atom stereocenters. The minimum absolute atomic E-state index is 0.00121. The molecule has 0 radical (unpaired) electrons. The first kappa shape index (κ1) is 18.1. The van der Waals surface area contributed by atoms with Gasteiger partial charge in [-0.1, -0.05) is 12.1 Å². The summed E-state index contributed by atoms with van der Waals surface area (Å²) in [4.78, 5) is 6.45. The quantitative estimate of drug-likeness (QED) is 0.670. The molecule has 0 aliphatic carbocycles. The highest BCUT2D eigenvalue weighted by Gasteiger charge is 2.28. The third-order valence-electron chi connectivity index (χ3n) is 4.50. The van der Waals surface area contributed by atoms with Crippen LogP contribution in [0, 0.1) is 0 Å². The summed E-state index contributed by atoms with van der Waals surface area (Å²) in [6.07, 6.45) is 0.879. The minimum atomic E-state index is -3.86. The van der Waals surface area contributed by atoms with Crippen LogP contribution in [0.25, 0.3) is 5.82 Å². The molecule has 3 aromatic rings. The van der Waals surface area contributed by atoms with Crippen molar-refractivity contribution in [2.45, 2.75) is 11.1 Å². The third kappa shape index (κ3) is 3.10. The second-order valence-electron chi connectivity index (χ2n) is 6.21. The van der Waals surface area contributed by atoms with Crippen LogP contribution in [0.1, 0.15) is 11.7 Å². The van der Waals surface area contributed by atoms with E-state index in [9.17, 15) is 8.42 Å². The lowest BCUT2D eigenvalue weighted by Gasteiger charge is -2.33. The van der Waals surface area contributed by atoms with Crippen molar-refractivity contribution in [2.75, 3.05) is 12.0 Å². The van der Waals surface area contributed by atoms with Crippen LogP contribution in [-0.2, 0) is 10.0 Å². The maximum Gasteiger partial charge on any atom is 0.238 e. The number of nitrogens with zero attached hydrogens (tertiary/aromatic N) is 2. The van der Waals surface area contributed by atoms with Crippen LogP contribution >= 0.6 is 0 Å². The Bertz CT molecular complexity index is 1250. The summed E-state index contributed by atoms with van der Waals surface area (Å²) in [6.45, 7) is 0. The van der Waals surface area contributed by atoms with Gasteiger partial charge in [-0.3, -0.25) is 0 Å². The average Bonchev–Trinajstić information content (AvgIpc) is 3.17. The molecule has 9 heteroatoms. The standard InChI is InChI=1S/C19H18N4O4S/c1-26-14-7-5-13(6-8-14)23-17(20)16-9-10-27-19(16)22-18(23)12-3-2-4-15(11-12)28(21,24)25/h2-11,18H,20H2,1H3,(H2,21,24,25). The van der Waals surface area contributed by atoms with Crippen molar-refractivity contribution in [1.82, 2.24) is 0 Å². The zero-order chi connectivity index (χ0) is 19.9. The topological polar surface area (TPSA) is 124 Å². The molecule has 4 N–H and O–H groups in total. The highest BCUT2D eigenvalue weighted by Crippen LogP contribution is 2.33. The zero-order valence-corrected chi connectivity index (χ0v) is 15.8. The number of rotatable bonds is 4. The summed E-state index contributed by atoms with van der Waals surface area (Å²) < 4.78 is 34.2. The van der Waals surface area contributed by atoms with Crippen molar-refractivity contribution in [3.63, 3.8) is 0 Å². The lowest BCUT2D eigenvalue weighted by Crippen LogP contribution is -2.43. The summed E-state index contributed by atoms with van der Waals surface area (Å²) in [5.74, 6) is 1.14. The molecule has 28 heavy (non-hydrogen) atoms. The number of fused-ring (bicyclic) bond motifs is 1. The van der Waals surface area contributed by atoms with Crippen molar-refractivity contribution < 1.29 is 17.6 Å². The fourth-order valence-corrected chi connectivity index (χ4v) is 3.69. The molecule has 1 aromatic heterocycles. The molecule has 0 spiro atoms. The van der Waals surface area contributed by atoms with Gasteiger partial charge in [0.1, 0.15) is 11.6 Å². The molecule has 144 valence electrons. The van der Waals surface area contributed by atoms with Crippen LogP contribution in [0.2, 0.25) is 0 Å². The van der Waals surface area contributed by atoms with E-state index in [1.807, 2.05) is 24.3 Å². The Morgan fingerprint density at radius 3 is 2.57 bits per heavy atom. The number of sulfonamides is 1. The molecular formula is C19H18N4O4S. The number of hydrogen-bond acceptors (Lipinski definition) is 7. The first-order chi connectivity index (χ1) is 13.4. The van der Waals surface area contributed by atoms with Crippen molar-refractivity contribution in [2.24, 2.45) is 15.9 Å². The van der Waals surface area contributed by atoms with E-state index in [0.29, 0.717) is 27.9 Å². The third-order valence-corrected chi connectivity index (χ3v) is 5.41. The average molecular weight is 398 g/mol. The first-order valence-corrected chi connectivity index (χ1v) is 9.90. The maximum atomic E-state index is 11.8. The first-order valence-electron chi connectivity index (χ1n) is 8.35. The van der Waals surface area contributed by atoms with Crippen LogP contribution in [-0.4, -0.2) is 15.5 Å². The molecule has 0 bridgehead atoms. The van der Waals surface area contributed by atoms with Crippen LogP contribution in [0.4, 0.5) is 5.69 Å². The molecular weight excluding hydrogens is 380 g/mol. The van der Waals surface area contributed by atoms with Gasteiger partial charge in [-0.25, -0.2) is 18.5 Å². The molecule has 8 nitrogen and oxygen atoms in total. The lowest BCUT2D eigenvalue weighted by molar-refractivity contribution is 0.415. The fourth-order valence-electron chi connectivity index (χ4n) is 3.13. The van der Waals surface area contributed by atoms with Crippen LogP contribution < -0.4 is 31.3 Å². The molecule has 1 aliphatic heterocycles. The van der Waals surface area contributed by atoms with E-state index in [4.69, 9.17) is 20.0 Å². The normalized spacial score (nSPS) is 16.4. The summed E-state index contributed by atoms with van der Waals surface area (Å²) in [5, 5.41) is 5.95. The van der Waals surface area contributed by atoms with E-state index in [-0.39, 0.29) is 4.90 Å². The van der Waals surface area contributed by atoms with Gasteiger partial charge in [0.25, 0.3) is 0 Å². The van der Waals surface area contributed by atoms with Gasteiger partial charge in [-0.2, -0.15) is 0 Å². The molecule has 2 aromatic carbocycles. The number of methoxy groups -OCH3 is 1. The van der Waals surface area contributed by atoms with E-state index < -0.39 is 16.2 Å². The largest absolute Gasteiger partial charge is 0.497 e. The van der Waals surface area contributed by atoms with E-state index in [1.165, 1.54) is 18.4 Å². The molecule has 1 aliphatic rings. The second kappa shape index (κ2) is 6.70. The maximum absolute atomic E-state index is 11.8. The fraction of sp³-hybridized carbons (Fsp3) is 0.105. The number of benzene rings is 2. The van der Waals surface area contributed by atoms with E-state index in [0.717, 1.165) is 5.69 Å². The number of ether oxygens (including phenoxy) is 1. The van der Waals surface area contributed by atoms with Crippen LogP contribution in [0.15, 0.2) is 75.2 Å².